The first-order chi connectivity index (χ1) is 9.08. The molecule has 20 heavy (non-hydrogen) atoms. The number of carboxylic acid groups (broad SMARTS) is 1. The Hall–Kier alpha value is -1.63. The molecular weight excluding hydrogens is 280 g/mol. The SMILES string of the molecule is Cc1nc([C@H](CC(=O)O)NC(=O)OC(C)(C)C)sc1C. The van der Waals surface area contributed by atoms with Crippen molar-refractivity contribution in [3.05, 3.63) is 15.6 Å². The number of carboxylic acids is 1. The number of nitrogens with zero attached hydrogens (tertiary/aromatic N) is 1. The Labute approximate surface area is 122 Å². The van der Waals surface area contributed by atoms with E-state index in [-0.39, 0.29) is 6.42 Å². The van der Waals surface area contributed by atoms with Gasteiger partial charge in [0.1, 0.15) is 10.6 Å². The molecule has 2 N–H and O–H groups in total. The third-order valence-electron chi connectivity index (χ3n) is 2.41. The fraction of sp³-hybridized carbons (Fsp3) is 0.615. The standard InChI is InChI=1S/C13H20N2O4S/c1-7-8(2)20-11(14-7)9(6-10(16)17)15-12(18)19-13(3,4)5/h9H,6H2,1-5H3,(H,15,18)(H,16,17)/t9-/m0/s1. The third-order valence-corrected chi connectivity index (χ3v) is 3.60. The summed E-state index contributed by atoms with van der Waals surface area (Å²) < 4.78 is 5.14. The molecule has 0 aliphatic carbocycles. The Bertz CT molecular complexity index is 485. The molecule has 1 aromatic heterocycles. The fourth-order valence-corrected chi connectivity index (χ4v) is 2.45. The van der Waals surface area contributed by atoms with E-state index < -0.39 is 23.7 Å². The number of aryl methyl sites for hydroxylation is 2. The Morgan fingerprint density at radius 3 is 2.40 bits per heavy atom. The number of aromatic nitrogens is 1. The van der Waals surface area contributed by atoms with E-state index in [1.165, 1.54) is 11.3 Å². The first-order valence-corrected chi connectivity index (χ1v) is 7.05. The molecule has 1 amide bonds. The first-order valence-electron chi connectivity index (χ1n) is 6.23. The van der Waals surface area contributed by atoms with E-state index in [0.717, 1.165) is 10.6 Å². The van der Waals surface area contributed by atoms with Gasteiger partial charge in [-0.1, -0.05) is 0 Å². The van der Waals surface area contributed by atoms with E-state index in [9.17, 15) is 9.59 Å². The van der Waals surface area contributed by atoms with Gasteiger partial charge in [0.15, 0.2) is 0 Å². The van der Waals surface area contributed by atoms with Crippen LogP contribution in [0.3, 0.4) is 0 Å². The van der Waals surface area contributed by atoms with Crippen LogP contribution in [0.1, 0.15) is 48.8 Å². The molecule has 0 bridgehead atoms. The van der Waals surface area contributed by atoms with E-state index >= 15 is 0 Å². The molecule has 6 nitrogen and oxygen atoms in total. The number of thiazole rings is 1. The molecule has 112 valence electrons. The Morgan fingerprint density at radius 2 is 2.00 bits per heavy atom. The van der Waals surface area contributed by atoms with Crippen LogP contribution in [0.2, 0.25) is 0 Å². The van der Waals surface area contributed by atoms with Gasteiger partial charge in [0, 0.05) is 4.88 Å². The maximum atomic E-state index is 11.8. The molecule has 0 saturated carbocycles. The summed E-state index contributed by atoms with van der Waals surface area (Å²) in [5.74, 6) is -1.00. The normalized spacial score (nSPS) is 12.8. The number of rotatable bonds is 4. The van der Waals surface area contributed by atoms with E-state index in [2.05, 4.69) is 10.3 Å². The smallest absolute Gasteiger partial charge is 0.408 e. The molecule has 0 radical (unpaired) electrons. The largest absolute Gasteiger partial charge is 0.481 e. The second kappa shape index (κ2) is 6.21. The molecule has 1 rings (SSSR count). The number of ether oxygens (including phenoxy) is 1. The highest BCUT2D eigenvalue weighted by Crippen LogP contribution is 2.25. The lowest BCUT2D eigenvalue weighted by Crippen LogP contribution is -2.35. The number of carbonyl (C=O) groups excluding carboxylic acids is 1. The van der Waals surface area contributed by atoms with Gasteiger partial charge in [0.2, 0.25) is 0 Å². The fourth-order valence-electron chi connectivity index (χ4n) is 1.47. The predicted octanol–water partition coefficient (Wildman–Crippen LogP) is 2.80. The lowest BCUT2D eigenvalue weighted by atomic mass is 10.2. The summed E-state index contributed by atoms with van der Waals surface area (Å²) in [6, 6.07) is -0.681. The highest BCUT2D eigenvalue weighted by atomic mass is 32.1. The van der Waals surface area contributed by atoms with Crippen molar-refractivity contribution in [2.45, 2.75) is 52.7 Å². The maximum absolute atomic E-state index is 11.8. The van der Waals surface area contributed by atoms with Gasteiger partial charge in [-0.25, -0.2) is 9.78 Å². The summed E-state index contributed by atoms with van der Waals surface area (Å²) in [5.41, 5.74) is 0.207. The van der Waals surface area contributed by atoms with Crippen molar-refractivity contribution in [3.8, 4) is 0 Å². The van der Waals surface area contributed by atoms with Crippen LogP contribution >= 0.6 is 11.3 Å². The monoisotopic (exact) mass is 300 g/mol. The van der Waals surface area contributed by atoms with Crippen molar-refractivity contribution >= 4 is 23.4 Å². The Morgan fingerprint density at radius 1 is 1.40 bits per heavy atom. The Balaban J connectivity index is 2.85. The zero-order chi connectivity index (χ0) is 15.5. The Kier molecular flexibility index (Phi) is 5.10. The van der Waals surface area contributed by atoms with Crippen LogP contribution in [0, 0.1) is 13.8 Å². The molecule has 1 aromatic rings. The molecule has 0 aliphatic rings. The zero-order valence-corrected chi connectivity index (χ0v) is 13.1. The zero-order valence-electron chi connectivity index (χ0n) is 12.3. The van der Waals surface area contributed by atoms with Gasteiger partial charge >= 0.3 is 12.1 Å². The van der Waals surface area contributed by atoms with E-state index in [1.54, 1.807) is 20.8 Å². The van der Waals surface area contributed by atoms with E-state index in [1.807, 2.05) is 13.8 Å². The molecule has 0 aliphatic heterocycles. The molecule has 0 fully saturated rings. The van der Waals surface area contributed by atoms with Crippen LogP contribution in [-0.2, 0) is 9.53 Å². The van der Waals surface area contributed by atoms with Crippen LogP contribution in [0.5, 0.6) is 0 Å². The lowest BCUT2D eigenvalue weighted by Gasteiger charge is -2.22. The molecule has 7 heteroatoms. The summed E-state index contributed by atoms with van der Waals surface area (Å²) in [6.07, 6.45) is -0.875. The molecular formula is C13H20N2O4S. The quantitative estimate of drug-likeness (QED) is 0.892. The number of nitrogens with one attached hydrogen (secondary N) is 1. The molecule has 0 saturated heterocycles. The topological polar surface area (TPSA) is 88.5 Å². The summed E-state index contributed by atoms with van der Waals surface area (Å²) in [4.78, 5) is 28.0. The molecule has 0 spiro atoms. The molecule has 0 unspecified atom stereocenters. The van der Waals surface area contributed by atoms with Gasteiger partial charge in [-0.3, -0.25) is 4.79 Å². The number of carbonyl (C=O) groups is 2. The van der Waals surface area contributed by atoms with Crippen LogP contribution in [0.4, 0.5) is 4.79 Å². The average Bonchev–Trinajstić information content (AvgIpc) is 2.54. The average molecular weight is 300 g/mol. The molecule has 1 atom stereocenters. The van der Waals surface area contributed by atoms with E-state index in [0.29, 0.717) is 5.01 Å². The minimum Gasteiger partial charge on any atom is -0.481 e. The van der Waals surface area contributed by atoms with Gasteiger partial charge in [0.05, 0.1) is 18.2 Å². The second-order valence-corrected chi connectivity index (χ2v) is 6.73. The number of aliphatic carboxylic acids is 1. The van der Waals surface area contributed by atoms with Crippen LogP contribution in [0.15, 0.2) is 0 Å². The predicted molar refractivity (Wildman–Crippen MR) is 76.0 cm³/mol. The summed E-state index contributed by atoms with van der Waals surface area (Å²) in [6.45, 7) is 8.99. The van der Waals surface area contributed by atoms with Crippen molar-refractivity contribution in [3.63, 3.8) is 0 Å². The summed E-state index contributed by atoms with van der Waals surface area (Å²) >= 11 is 1.38. The van der Waals surface area contributed by atoms with Crippen molar-refractivity contribution < 1.29 is 19.4 Å². The highest BCUT2D eigenvalue weighted by Gasteiger charge is 2.24. The number of amides is 1. The van der Waals surface area contributed by atoms with Crippen molar-refractivity contribution in [1.29, 1.82) is 0 Å². The van der Waals surface area contributed by atoms with Gasteiger partial charge in [-0.15, -0.1) is 11.3 Å². The number of alkyl carbamates (subject to hydrolysis) is 1. The third kappa shape index (κ3) is 5.16. The minimum atomic E-state index is -1.00. The lowest BCUT2D eigenvalue weighted by molar-refractivity contribution is -0.137. The summed E-state index contributed by atoms with van der Waals surface area (Å²) in [5, 5.41) is 12.1. The van der Waals surface area contributed by atoms with Gasteiger partial charge < -0.3 is 15.2 Å². The van der Waals surface area contributed by atoms with Crippen LogP contribution in [0.25, 0.3) is 0 Å². The van der Waals surface area contributed by atoms with Crippen molar-refractivity contribution in [2.75, 3.05) is 0 Å². The maximum Gasteiger partial charge on any atom is 0.408 e. The van der Waals surface area contributed by atoms with Crippen molar-refractivity contribution in [1.82, 2.24) is 10.3 Å². The molecule has 0 aromatic carbocycles. The van der Waals surface area contributed by atoms with Gasteiger partial charge in [-0.2, -0.15) is 0 Å². The minimum absolute atomic E-state index is 0.231. The number of hydrogen-bond donors (Lipinski definition) is 2. The van der Waals surface area contributed by atoms with Crippen molar-refractivity contribution in [2.24, 2.45) is 0 Å². The van der Waals surface area contributed by atoms with E-state index in [4.69, 9.17) is 9.84 Å². The van der Waals surface area contributed by atoms with Crippen LogP contribution < -0.4 is 5.32 Å². The second-order valence-electron chi connectivity index (χ2n) is 5.49. The van der Waals surface area contributed by atoms with Gasteiger partial charge in [-0.05, 0) is 34.6 Å². The highest BCUT2D eigenvalue weighted by molar-refractivity contribution is 7.11. The number of hydrogen-bond acceptors (Lipinski definition) is 5. The van der Waals surface area contributed by atoms with Gasteiger partial charge in [0.25, 0.3) is 0 Å². The van der Waals surface area contributed by atoms with Crippen LogP contribution in [-0.4, -0.2) is 27.8 Å². The first kappa shape index (κ1) is 16.4. The molecule has 1 heterocycles. The summed E-state index contributed by atoms with van der Waals surface area (Å²) in [7, 11) is 0.